The number of aliphatic carboxylic acids is 2. The smallest absolute Gasteiger partial charge is 0.494 e. The molecule has 2 N–H and O–H groups in total. The fourth-order valence-corrected chi connectivity index (χ4v) is 4.90. The van der Waals surface area contributed by atoms with Gasteiger partial charge in [-0.3, -0.25) is 9.59 Å². The molecule has 3 aromatic rings. The first-order valence-corrected chi connectivity index (χ1v) is 14.8. The maximum absolute atomic E-state index is 12.7. The number of benzene rings is 3. The van der Waals surface area contributed by atoms with Gasteiger partial charge in [0.25, 0.3) is 0 Å². The molecule has 0 radical (unpaired) electrons. The van der Waals surface area contributed by atoms with Gasteiger partial charge in [-0.2, -0.15) is 0 Å². The van der Waals surface area contributed by atoms with Crippen LogP contribution in [0.4, 0.5) is 13.2 Å². The van der Waals surface area contributed by atoms with E-state index in [1.165, 1.54) is 18.2 Å². The van der Waals surface area contributed by atoms with Crippen molar-refractivity contribution in [2.75, 3.05) is 20.3 Å². The topological polar surface area (TPSA) is 112 Å². The van der Waals surface area contributed by atoms with Crippen LogP contribution in [0.15, 0.2) is 60.7 Å². The van der Waals surface area contributed by atoms with Crippen LogP contribution < -0.4 is 14.2 Å². The second-order valence-electron chi connectivity index (χ2n) is 10.5. The number of rotatable bonds is 20. The third-order valence-corrected chi connectivity index (χ3v) is 6.90. The fraction of sp³-hybridized carbons (Fsp3) is 0.412. The highest BCUT2D eigenvalue weighted by atomic mass is 19.4. The summed E-state index contributed by atoms with van der Waals surface area (Å²) < 4.78 is 59.3. The number of unbranched alkanes of at least 4 members (excludes halogenated alkanes) is 3. The second kappa shape index (κ2) is 17.9. The molecule has 0 heterocycles. The summed E-state index contributed by atoms with van der Waals surface area (Å²) in [6.45, 7) is 1.01. The Bertz CT molecular complexity index is 1390. The van der Waals surface area contributed by atoms with Gasteiger partial charge in [-0.05, 0) is 96.3 Å². The molecule has 0 aliphatic rings. The Morgan fingerprint density at radius 1 is 0.733 bits per heavy atom. The Morgan fingerprint density at radius 3 is 2.18 bits per heavy atom. The number of ether oxygens (including phenoxy) is 4. The summed E-state index contributed by atoms with van der Waals surface area (Å²) in [6.07, 6.45) is 0.132. The molecule has 11 heteroatoms. The molecule has 0 saturated carbocycles. The standard InChI is InChI=1S/C34H39F3O8/c1-42-23-24-19-27(26-11-6-12-28(21-26)45-34(35,36)37)22-29(20-24)43-17-5-3-2-4-9-25-10-7-13-31(30(25)15-16-33(40)41)44-18-8-14-32(38)39/h6-7,10-13,19-22H,2-5,8-9,14-18,23H2,1H3,(H,38,39)(H,40,41). The maximum Gasteiger partial charge on any atom is 0.573 e. The normalized spacial score (nSPS) is 11.3. The molecular weight excluding hydrogens is 593 g/mol. The molecule has 45 heavy (non-hydrogen) atoms. The first-order valence-electron chi connectivity index (χ1n) is 14.8. The molecule has 8 nitrogen and oxygen atoms in total. The lowest BCUT2D eigenvalue weighted by Gasteiger charge is -2.15. The third-order valence-electron chi connectivity index (χ3n) is 6.90. The van der Waals surface area contributed by atoms with E-state index in [0.717, 1.165) is 48.8 Å². The first kappa shape index (κ1) is 35.2. The van der Waals surface area contributed by atoms with E-state index in [0.29, 0.717) is 48.7 Å². The van der Waals surface area contributed by atoms with Crippen molar-refractivity contribution in [3.63, 3.8) is 0 Å². The number of hydrogen-bond donors (Lipinski definition) is 2. The number of carboxylic acid groups (broad SMARTS) is 2. The number of carbonyl (C=O) groups is 2. The molecule has 0 amide bonds. The molecule has 244 valence electrons. The van der Waals surface area contributed by atoms with Gasteiger partial charge in [0.05, 0.1) is 19.8 Å². The van der Waals surface area contributed by atoms with Gasteiger partial charge in [0.1, 0.15) is 17.2 Å². The van der Waals surface area contributed by atoms with Gasteiger partial charge in [0, 0.05) is 20.0 Å². The molecule has 3 rings (SSSR count). The van der Waals surface area contributed by atoms with E-state index >= 15 is 0 Å². The van der Waals surface area contributed by atoms with Crippen molar-refractivity contribution in [3.8, 4) is 28.4 Å². The van der Waals surface area contributed by atoms with Crippen LogP contribution in [-0.4, -0.2) is 48.8 Å². The van der Waals surface area contributed by atoms with Crippen molar-refractivity contribution in [1.82, 2.24) is 0 Å². The van der Waals surface area contributed by atoms with Crippen LogP contribution in [0.25, 0.3) is 11.1 Å². The average molecular weight is 633 g/mol. The van der Waals surface area contributed by atoms with Crippen molar-refractivity contribution in [1.29, 1.82) is 0 Å². The van der Waals surface area contributed by atoms with Gasteiger partial charge in [0.15, 0.2) is 0 Å². The summed E-state index contributed by atoms with van der Waals surface area (Å²) in [5.74, 6) is -0.904. The van der Waals surface area contributed by atoms with Gasteiger partial charge < -0.3 is 29.2 Å². The molecule has 0 aliphatic heterocycles. The lowest BCUT2D eigenvalue weighted by molar-refractivity contribution is -0.274. The summed E-state index contributed by atoms with van der Waals surface area (Å²) in [5.41, 5.74) is 3.92. The van der Waals surface area contributed by atoms with E-state index < -0.39 is 18.3 Å². The van der Waals surface area contributed by atoms with E-state index in [4.69, 9.17) is 19.3 Å². The predicted octanol–water partition coefficient (Wildman–Crippen LogP) is 7.84. The summed E-state index contributed by atoms with van der Waals surface area (Å²) in [7, 11) is 1.56. The monoisotopic (exact) mass is 632 g/mol. The molecule has 0 fully saturated rings. The van der Waals surface area contributed by atoms with Crippen LogP contribution in [0.3, 0.4) is 0 Å². The molecule has 0 aliphatic carbocycles. The highest BCUT2D eigenvalue weighted by Gasteiger charge is 2.31. The number of carboxylic acids is 2. The second-order valence-corrected chi connectivity index (χ2v) is 10.5. The summed E-state index contributed by atoms with van der Waals surface area (Å²) in [4.78, 5) is 22.0. The Balaban J connectivity index is 1.53. The van der Waals surface area contributed by atoms with Crippen LogP contribution in [0.5, 0.6) is 17.2 Å². The maximum atomic E-state index is 12.7. The van der Waals surface area contributed by atoms with Gasteiger partial charge in [0.2, 0.25) is 0 Å². The fourth-order valence-electron chi connectivity index (χ4n) is 4.90. The lowest BCUT2D eigenvalue weighted by Crippen LogP contribution is -2.17. The number of methoxy groups -OCH3 is 1. The number of hydrogen-bond acceptors (Lipinski definition) is 6. The van der Waals surface area contributed by atoms with Gasteiger partial charge in [-0.25, -0.2) is 0 Å². The van der Waals surface area contributed by atoms with Crippen molar-refractivity contribution in [3.05, 3.63) is 77.4 Å². The highest BCUT2D eigenvalue weighted by Crippen LogP contribution is 2.31. The number of aryl methyl sites for hydroxylation is 1. The summed E-state index contributed by atoms with van der Waals surface area (Å²) in [6, 6.07) is 16.9. The molecular formula is C34H39F3O8. The quantitative estimate of drug-likeness (QED) is 0.121. The largest absolute Gasteiger partial charge is 0.573 e. The number of halogens is 3. The minimum Gasteiger partial charge on any atom is -0.494 e. The van der Waals surface area contributed by atoms with E-state index in [1.54, 1.807) is 25.3 Å². The van der Waals surface area contributed by atoms with Crippen LogP contribution in [-0.2, 0) is 33.8 Å². The van der Waals surface area contributed by atoms with Gasteiger partial charge in [-0.1, -0.05) is 37.1 Å². The Kier molecular flexibility index (Phi) is 14.0. The Labute approximate surface area is 260 Å². The molecule has 0 atom stereocenters. The van der Waals surface area contributed by atoms with Gasteiger partial charge >= 0.3 is 18.3 Å². The SMILES string of the molecule is COCc1cc(OCCCCCCc2cccc(OCCCC(=O)O)c2CCC(=O)O)cc(-c2cccc(OC(F)(F)F)c2)c1. The zero-order chi connectivity index (χ0) is 32.7. The molecule has 0 bridgehead atoms. The highest BCUT2D eigenvalue weighted by molar-refractivity contribution is 5.68. The average Bonchev–Trinajstić information content (AvgIpc) is 2.97. The zero-order valence-corrected chi connectivity index (χ0v) is 25.2. The van der Waals surface area contributed by atoms with Crippen molar-refractivity contribution >= 4 is 11.9 Å². The van der Waals surface area contributed by atoms with Crippen LogP contribution in [0.2, 0.25) is 0 Å². The van der Waals surface area contributed by atoms with Crippen LogP contribution >= 0.6 is 0 Å². The number of alkyl halides is 3. The molecule has 0 aromatic heterocycles. The van der Waals surface area contributed by atoms with Crippen molar-refractivity contribution < 1.29 is 51.9 Å². The van der Waals surface area contributed by atoms with Gasteiger partial charge in [-0.15, -0.1) is 13.2 Å². The van der Waals surface area contributed by atoms with E-state index in [2.05, 4.69) is 4.74 Å². The molecule has 0 unspecified atom stereocenters. The molecule has 0 spiro atoms. The van der Waals surface area contributed by atoms with E-state index in [-0.39, 0.29) is 25.2 Å². The van der Waals surface area contributed by atoms with Crippen molar-refractivity contribution in [2.24, 2.45) is 0 Å². The lowest BCUT2D eigenvalue weighted by atomic mass is 9.97. The predicted molar refractivity (Wildman–Crippen MR) is 162 cm³/mol. The zero-order valence-electron chi connectivity index (χ0n) is 25.2. The molecule has 0 saturated heterocycles. The molecule has 3 aromatic carbocycles. The summed E-state index contributed by atoms with van der Waals surface area (Å²) >= 11 is 0. The first-order chi connectivity index (χ1) is 21.5. The Hall–Kier alpha value is -4.25. The van der Waals surface area contributed by atoms with Crippen molar-refractivity contribution in [2.45, 2.75) is 70.8 Å². The van der Waals surface area contributed by atoms with E-state index in [9.17, 15) is 27.9 Å². The van der Waals surface area contributed by atoms with Crippen LogP contribution in [0.1, 0.15) is 61.6 Å². The minimum atomic E-state index is -4.78. The van der Waals surface area contributed by atoms with Crippen LogP contribution in [0, 0.1) is 0 Å². The van der Waals surface area contributed by atoms with E-state index in [1.807, 2.05) is 24.3 Å². The third kappa shape index (κ3) is 13.1. The summed E-state index contributed by atoms with van der Waals surface area (Å²) in [5, 5.41) is 18.0. The minimum absolute atomic E-state index is 0.00226. The Morgan fingerprint density at radius 2 is 1.44 bits per heavy atom.